The predicted octanol–water partition coefficient (Wildman–Crippen LogP) is 3.96. The molecule has 144 valence electrons. The van der Waals surface area contributed by atoms with Crippen LogP contribution in [-0.4, -0.2) is 39.2 Å². The first kappa shape index (κ1) is 18.1. The lowest BCUT2D eigenvalue weighted by molar-refractivity contribution is 0.135. The highest BCUT2D eigenvalue weighted by Gasteiger charge is 2.28. The van der Waals surface area contributed by atoms with Crippen molar-refractivity contribution in [3.05, 3.63) is 60.0 Å². The van der Waals surface area contributed by atoms with Gasteiger partial charge < -0.3 is 14.2 Å². The lowest BCUT2D eigenvalue weighted by atomic mass is 9.97. The number of hydrogen-bond donors (Lipinski definition) is 0. The summed E-state index contributed by atoms with van der Waals surface area (Å²) in [5.41, 5.74) is 1.56. The van der Waals surface area contributed by atoms with Crippen molar-refractivity contribution in [2.45, 2.75) is 25.7 Å². The number of carbonyl (C=O) groups is 1. The molecule has 1 aliphatic rings. The zero-order valence-corrected chi connectivity index (χ0v) is 15.3. The molecular weight excluding hydrogens is 363 g/mol. The minimum absolute atomic E-state index is 0.0757. The smallest absolute Gasteiger partial charge is 0.409 e. The Balaban J connectivity index is 1.34. The number of hydrogen-bond acceptors (Lipinski definition) is 6. The SMILES string of the molecule is Cc1ccc(OC(=O)N2CCC(c3nc(-c4ccc(F)cc4)no3)CC2)cn1. The topological polar surface area (TPSA) is 81.4 Å². The number of ether oxygens (including phenoxy) is 1. The van der Waals surface area contributed by atoms with Gasteiger partial charge in [0, 0.05) is 30.3 Å². The highest BCUT2D eigenvalue weighted by atomic mass is 19.1. The van der Waals surface area contributed by atoms with Crippen LogP contribution < -0.4 is 4.74 Å². The number of aromatic nitrogens is 3. The van der Waals surface area contributed by atoms with Gasteiger partial charge in [-0.2, -0.15) is 4.98 Å². The summed E-state index contributed by atoms with van der Waals surface area (Å²) in [7, 11) is 0. The van der Waals surface area contributed by atoms with Crippen LogP contribution >= 0.6 is 0 Å². The zero-order chi connectivity index (χ0) is 19.5. The Hall–Kier alpha value is -3.29. The number of aryl methyl sites for hydroxylation is 1. The molecule has 0 N–H and O–H groups in total. The summed E-state index contributed by atoms with van der Waals surface area (Å²) in [6.45, 7) is 2.95. The van der Waals surface area contributed by atoms with E-state index in [1.165, 1.54) is 18.3 Å². The second-order valence-electron chi connectivity index (χ2n) is 6.73. The molecule has 0 aliphatic carbocycles. The number of pyridine rings is 1. The van der Waals surface area contributed by atoms with E-state index in [1.54, 1.807) is 29.2 Å². The molecule has 0 radical (unpaired) electrons. The third-order valence-electron chi connectivity index (χ3n) is 4.74. The molecule has 0 atom stereocenters. The van der Waals surface area contributed by atoms with Gasteiger partial charge in [0.1, 0.15) is 5.82 Å². The molecule has 2 aromatic heterocycles. The van der Waals surface area contributed by atoms with E-state index in [0.717, 1.165) is 5.69 Å². The van der Waals surface area contributed by atoms with Gasteiger partial charge in [-0.1, -0.05) is 5.16 Å². The lowest BCUT2D eigenvalue weighted by Crippen LogP contribution is -2.39. The van der Waals surface area contributed by atoms with Gasteiger partial charge >= 0.3 is 6.09 Å². The van der Waals surface area contributed by atoms with Gasteiger partial charge in [-0.05, 0) is 56.2 Å². The molecule has 1 fully saturated rings. The first-order chi connectivity index (χ1) is 13.6. The molecule has 28 heavy (non-hydrogen) atoms. The molecule has 4 rings (SSSR count). The Bertz CT molecular complexity index is 948. The molecule has 0 unspecified atom stereocenters. The van der Waals surface area contributed by atoms with Crippen molar-refractivity contribution in [3.8, 4) is 17.1 Å². The molecule has 3 aromatic rings. The van der Waals surface area contributed by atoms with Crippen LogP contribution in [0, 0.1) is 12.7 Å². The number of carbonyl (C=O) groups excluding carboxylic acids is 1. The highest BCUT2D eigenvalue weighted by Crippen LogP contribution is 2.29. The molecule has 0 spiro atoms. The van der Waals surface area contributed by atoms with E-state index >= 15 is 0 Å². The lowest BCUT2D eigenvalue weighted by Gasteiger charge is -2.29. The highest BCUT2D eigenvalue weighted by molar-refractivity contribution is 5.70. The number of benzene rings is 1. The van der Waals surface area contributed by atoms with E-state index in [0.29, 0.717) is 49.0 Å². The van der Waals surface area contributed by atoms with Gasteiger partial charge in [0.25, 0.3) is 0 Å². The van der Waals surface area contributed by atoms with Gasteiger partial charge in [-0.25, -0.2) is 9.18 Å². The van der Waals surface area contributed by atoms with E-state index in [-0.39, 0.29) is 17.8 Å². The van der Waals surface area contributed by atoms with Crippen LogP contribution in [0.15, 0.2) is 47.1 Å². The summed E-state index contributed by atoms with van der Waals surface area (Å²) in [6, 6.07) is 9.47. The summed E-state index contributed by atoms with van der Waals surface area (Å²) in [4.78, 5) is 22.5. The molecule has 1 amide bonds. The molecule has 7 nitrogen and oxygen atoms in total. The van der Waals surface area contributed by atoms with E-state index in [9.17, 15) is 9.18 Å². The van der Waals surface area contributed by atoms with Crippen LogP contribution in [0.3, 0.4) is 0 Å². The quantitative estimate of drug-likeness (QED) is 0.682. The maximum Gasteiger partial charge on any atom is 0.415 e. The zero-order valence-electron chi connectivity index (χ0n) is 15.3. The predicted molar refractivity (Wildman–Crippen MR) is 98.2 cm³/mol. The molecule has 0 saturated carbocycles. The van der Waals surface area contributed by atoms with Crippen molar-refractivity contribution in [2.24, 2.45) is 0 Å². The fourth-order valence-electron chi connectivity index (χ4n) is 3.11. The van der Waals surface area contributed by atoms with Crippen molar-refractivity contribution in [3.63, 3.8) is 0 Å². The standard InChI is InChI=1S/C20H19FN4O3/c1-13-2-7-17(12-22-13)27-20(26)25-10-8-15(9-11-25)19-23-18(24-28-19)14-3-5-16(21)6-4-14/h2-7,12,15H,8-11H2,1H3. The van der Waals surface area contributed by atoms with Crippen molar-refractivity contribution >= 4 is 6.09 Å². The number of amides is 1. The Kier molecular flexibility index (Phi) is 5.01. The third kappa shape index (κ3) is 4.00. The fraction of sp³-hybridized carbons (Fsp3) is 0.300. The van der Waals surface area contributed by atoms with Crippen LogP contribution in [0.5, 0.6) is 5.75 Å². The first-order valence-corrected chi connectivity index (χ1v) is 9.07. The van der Waals surface area contributed by atoms with Crippen molar-refractivity contribution < 1.29 is 18.4 Å². The minimum Gasteiger partial charge on any atom is -0.409 e. The van der Waals surface area contributed by atoms with Crippen molar-refractivity contribution in [1.82, 2.24) is 20.0 Å². The monoisotopic (exact) mass is 382 g/mol. The molecule has 0 bridgehead atoms. The van der Waals surface area contributed by atoms with Gasteiger partial charge in [-0.15, -0.1) is 0 Å². The molecule has 1 aliphatic heterocycles. The van der Waals surface area contributed by atoms with Gasteiger partial charge in [0.05, 0.1) is 6.20 Å². The summed E-state index contributed by atoms with van der Waals surface area (Å²) >= 11 is 0. The Morgan fingerprint density at radius 1 is 1.18 bits per heavy atom. The number of halogens is 1. The molecule has 3 heterocycles. The van der Waals surface area contributed by atoms with Gasteiger partial charge in [0.15, 0.2) is 5.75 Å². The van der Waals surface area contributed by atoms with Crippen molar-refractivity contribution in [2.75, 3.05) is 13.1 Å². The van der Waals surface area contributed by atoms with Gasteiger partial charge in [0.2, 0.25) is 11.7 Å². The van der Waals surface area contributed by atoms with Crippen LogP contribution in [0.1, 0.15) is 30.3 Å². The van der Waals surface area contributed by atoms with Crippen LogP contribution in [0.2, 0.25) is 0 Å². The molecule has 1 aromatic carbocycles. The number of piperidine rings is 1. The van der Waals surface area contributed by atoms with E-state index in [2.05, 4.69) is 15.1 Å². The van der Waals surface area contributed by atoms with Gasteiger partial charge in [-0.3, -0.25) is 4.98 Å². The molecule has 1 saturated heterocycles. The molecule has 8 heteroatoms. The summed E-state index contributed by atoms with van der Waals surface area (Å²) in [5.74, 6) is 1.16. The van der Waals surface area contributed by atoms with Crippen LogP contribution in [0.25, 0.3) is 11.4 Å². The summed E-state index contributed by atoms with van der Waals surface area (Å²) in [5, 5.41) is 3.99. The Morgan fingerprint density at radius 3 is 2.61 bits per heavy atom. The average Bonchev–Trinajstić information content (AvgIpc) is 3.20. The number of rotatable bonds is 3. The van der Waals surface area contributed by atoms with Crippen LogP contribution in [-0.2, 0) is 0 Å². The first-order valence-electron chi connectivity index (χ1n) is 9.07. The maximum absolute atomic E-state index is 13.0. The Labute approximate surface area is 161 Å². The van der Waals surface area contributed by atoms with E-state index in [4.69, 9.17) is 9.26 Å². The summed E-state index contributed by atoms with van der Waals surface area (Å²) < 4.78 is 23.8. The minimum atomic E-state index is -0.387. The largest absolute Gasteiger partial charge is 0.415 e. The maximum atomic E-state index is 13.0. The van der Waals surface area contributed by atoms with Crippen molar-refractivity contribution in [1.29, 1.82) is 0 Å². The Morgan fingerprint density at radius 2 is 1.93 bits per heavy atom. The fourth-order valence-corrected chi connectivity index (χ4v) is 3.11. The number of likely N-dealkylation sites (tertiary alicyclic amines) is 1. The average molecular weight is 382 g/mol. The van der Waals surface area contributed by atoms with Crippen LogP contribution in [0.4, 0.5) is 9.18 Å². The summed E-state index contributed by atoms with van der Waals surface area (Å²) in [6.07, 6.45) is 2.55. The second-order valence-corrected chi connectivity index (χ2v) is 6.73. The van der Waals surface area contributed by atoms with E-state index in [1.807, 2.05) is 6.92 Å². The second kappa shape index (κ2) is 7.75. The third-order valence-corrected chi connectivity index (χ3v) is 4.74. The van der Waals surface area contributed by atoms with E-state index < -0.39 is 0 Å². The number of nitrogens with zero attached hydrogens (tertiary/aromatic N) is 4. The normalized spacial score (nSPS) is 14.9. The molecular formula is C20H19FN4O3.